The maximum atomic E-state index is 5.84. The van der Waals surface area contributed by atoms with Crippen molar-refractivity contribution in [3.63, 3.8) is 0 Å². The van der Waals surface area contributed by atoms with Crippen molar-refractivity contribution in [1.82, 2.24) is 4.98 Å². The number of methoxy groups -OCH3 is 1. The minimum absolute atomic E-state index is 0.676. The van der Waals surface area contributed by atoms with Gasteiger partial charge in [0.05, 0.1) is 23.0 Å². The lowest BCUT2D eigenvalue weighted by Crippen LogP contribution is -2.03. The number of aromatic nitrogens is 1. The number of nitrogen functional groups attached to an aromatic ring is 1. The first-order chi connectivity index (χ1) is 9.63. The Hall–Kier alpha value is -1.59. The predicted octanol–water partition coefficient (Wildman–Crippen LogP) is 3.67. The number of hydrogen-bond acceptors (Lipinski definition) is 4. The van der Waals surface area contributed by atoms with Crippen molar-refractivity contribution in [3.05, 3.63) is 46.1 Å². The van der Waals surface area contributed by atoms with Crippen LogP contribution in [0.5, 0.6) is 0 Å². The van der Waals surface area contributed by atoms with E-state index in [4.69, 9.17) is 10.5 Å². The van der Waals surface area contributed by atoms with Crippen molar-refractivity contribution in [2.24, 2.45) is 0 Å². The van der Waals surface area contributed by atoms with Crippen LogP contribution in [0.25, 0.3) is 0 Å². The van der Waals surface area contributed by atoms with E-state index >= 15 is 0 Å². The summed E-state index contributed by atoms with van der Waals surface area (Å²) in [6.07, 6.45) is 2.52. The van der Waals surface area contributed by atoms with Gasteiger partial charge in [-0.25, -0.2) is 4.98 Å². The van der Waals surface area contributed by atoms with Crippen LogP contribution in [0.2, 0.25) is 0 Å². The van der Waals surface area contributed by atoms with E-state index in [9.17, 15) is 0 Å². The molecule has 0 aliphatic rings. The molecule has 20 heavy (non-hydrogen) atoms. The second kappa shape index (κ2) is 6.72. The maximum absolute atomic E-state index is 5.84. The Morgan fingerprint density at radius 2 is 2.10 bits per heavy atom. The summed E-state index contributed by atoms with van der Waals surface area (Å²) in [5.41, 5.74) is 9.72. The monoisotopic (exact) mass is 335 g/mol. The van der Waals surface area contributed by atoms with Gasteiger partial charge in [0.2, 0.25) is 0 Å². The molecule has 2 aromatic rings. The molecule has 3 N–H and O–H groups in total. The number of benzene rings is 1. The predicted molar refractivity (Wildman–Crippen MR) is 86.4 cm³/mol. The van der Waals surface area contributed by atoms with Crippen LogP contribution < -0.4 is 11.1 Å². The Morgan fingerprint density at radius 3 is 2.85 bits per heavy atom. The molecule has 0 unspecified atom stereocenters. The number of para-hydroxylation sites is 1. The van der Waals surface area contributed by atoms with E-state index < -0.39 is 0 Å². The summed E-state index contributed by atoms with van der Waals surface area (Å²) in [7, 11) is 1.71. The second-order valence-corrected chi connectivity index (χ2v) is 5.32. The van der Waals surface area contributed by atoms with E-state index in [2.05, 4.69) is 32.3 Å². The number of ether oxygens (including phenoxy) is 1. The number of pyridine rings is 1. The Morgan fingerprint density at radius 1 is 1.35 bits per heavy atom. The average Bonchev–Trinajstić information content (AvgIpc) is 2.47. The van der Waals surface area contributed by atoms with Crippen LogP contribution in [-0.2, 0) is 11.2 Å². The normalized spacial score (nSPS) is 10.6. The first-order valence-electron chi connectivity index (χ1n) is 6.38. The lowest BCUT2D eigenvalue weighted by molar-refractivity contribution is 0.202. The molecule has 0 radical (unpaired) electrons. The highest BCUT2D eigenvalue weighted by molar-refractivity contribution is 9.10. The smallest absolute Gasteiger partial charge is 0.145 e. The maximum Gasteiger partial charge on any atom is 0.145 e. The molecule has 0 saturated heterocycles. The molecule has 1 aromatic carbocycles. The highest BCUT2D eigenvalue weighted by atomic mass is 79.9. The summed E-state index contributed by atoms with van der Waals surface area (Å²) < 4.78 is 6.03. The SMILES string of the molecule is COCCc1ccccc1Nc1ncc(N)c(C)c1Br. The number of anilines is 3. The van der Waals surface area contributed by atoms with Gasteiger partial charge in [-0.3, -0.25) is 0 Å². The van der Waals surface area contributed by atoms with Crippen molar-refractivity contribution >= 4 is 33.1 Å². The van der Waals surface area contributed by atoms with E-state index in [1.165, 1.54) is 5.56 Å². The number of nitrogens with two attached hydrogens (primary N) is 1. The molecule has 0 atom stereocenters. The molecule has 0 aliphatic heterocycles. The topological polar surface area (TPSA) is 60.2 Å². The van der Waals surface area contributed by atoms with Crippen LogP contribution in [-0.4, -0.2) is 18.7 Å². The molecule has 106 valence electrons. The van der Waals surface area contributed by atoms with E-state index in [1.807, 2.05) is 25.1 Å². The third-order valence-electron chi connectivity index (χ3n) is 3.15. The number of hydrogen-bond donors (Lipinski definition) is 2. The number of rotatable bonds is 5. The molecule has 1 aromatic heterocycles. The van der Waals surface area contributed by atoms with Crippen molar-refractivity contribution in [2.75, 3.05) is 24.8 Å². The van der Waals surface area contributed by atoms with Crippen molar-refractivity contribution in [1.29, 1.82) is 0 Å². The molecule has 0 spiro atoms. The van der Waals surface area contributed by atoms with Gasteiger partial charge in [-0.1, -0.05) is 18.2 Å². The molecule has 0 fully saturated rings. The molecular weight excluding hydrogens is 318 g/mol. The Balaban J connectivity index is 2.28. The Bertz CT molecular complexity index is 602. The third kappa shape index (κ3) is 3.29. The van der Waals surface area contributed by atoms with Crippen molar-refractivity contribution in [3.8, 4) is 0 Å². The minimum Gasteiger partial charge on any atom is -0.397 e. The summed E-state index contributed by atoms with van der Waals surface area (Å²) >= 11 is 3.54. The molecule has 0 aliphatic carbocycles. The standard InChI is InChI=1S/C15H18BrN3O/c1-10-12(17)9-18-15(14(10)16)19-13-6-4-3-5-11(13)7-8-20-2/h3-6,9H,7-8,17H2,1-2H3,(H,18,19). The second-order valence-electron chi connectivity index (χ2n) is 4.53. The first kappa shape index (κ1) is 14.8. The van der Waals surface area contributed by atoms with Crippen LogP contribution in [0, 0.1) is 6.92 Å². The zero-order valence-corrected chi connectivity index (χ0v) is 13.2. The van der Waals surface area contributed by atoms with Gasteiger partial charge in [-0.2, -0.15) is 0 Å². The minimum atomic E-state index is 0.676. The molecular formula is C15H18BrN3O. The van der Waals surface area contributed by atoms with E-state index in [-0.39, 0.29) is 0 Å². The van der Waals surface area contributed by atoms with E-state index in [0.29, 0.717) is 12.3 Å². The van der Waals surface area contributed by atoms with Crippen molar-refractivity contribution < 1.29 is 4.74 Å². The van der Waals surface area contributed by atoms with Gasteiger partial charge >= 0.3 is 0 Å². The van der Waals surface area contributed by atoms with Crippen LogP contribution in [0.4, 0.5) is 17.2 Å². The van der Waals surface area contributed by atoms with Gasteiger partial charge in [-0.05, 0) is 46.5 Å². The summed E-state index contributed by atoms with van der Waals surface area (Å²) in [4.78, 5) is 4.34. The molecule has 5 heteroatoms. The third-order valence-corrected chi connectivity index (χ3v) is 4.12. The first-order valence-corrected chi connectivity index (χ1v) is 7.17. The van der Waals surface area contributed by atoms with E-state index in [0.717, 1.165) is 28.0 Å². The van der Waals surface area contributed by atoms with Crippen molar-refractivity contribution in [2.45, 2.75) is 13.3 Å². The summed E-state index contributed by atoms with van der Waals surface area (Å²) in [6.45, 7) is 2.65. The summed E-state index contributed by atoms with van der Waals surface area (Å²) in [5, 5.41) is 3.35. The van der Waals surface area contributed by atoms with Gasteiger partial charge in [0.15, 0.2) is 0 Å². The number of nitrogens with one attached hydrogen (secondary N) is 1. The fourth-order valence-electron chi connectivity index (χ4n) is 1.88. The van der Waals surface area contributed by atoms with Crippen LogP contribution in [0.15, 0.2) is 34.9 Å². The lowest BCUT2D eigenvalue weighted by atomic mass is 10.1. The number of nitrogens with zero attached hydrogens (tertiary/aromatic N) is 1. The van der Waals surface area contributed by atoms with Gasteiger partial charge in [0, 0.05) is 12.8 Å². The average molecular weight is 336 g/mol. The molecule has 2 rings (SSSR count). The molecule has 1 heterocycles. The molecule has 4 nitrogen and oxygen atoms in total. The van der Waals surface area contributed by atoms with Gasteiger partial charge in [0.1, 0.15) is 5.82 Å². The van der Waals surface area contributed by atoms with Crippen LogP contribution in [0.1, 0.15) is 11.1 Å². The zero-order valence-electron chi connectivity index (χ0n) is 11.6. The zero-order chi connectivity index (χ0) is 14.5. The highest BCUT2D eigenvalue weighted by Crippen LogP contribution is 2.30. The van der Waals surface area contributed by atoms with Gasteiger partial charge < -0.3 is 15.8 Å². The number of halogens is 1. The summed E-state index contributed by atoms with van der Waals surface area (Å²) in [6, 6.07) is 8.13. The Kier molecular flexibility index (Phi) is 4.98. The van der Waals surface area contributed by atoms with Gasteiger partial charge in [0.25, 0.3) is 0 Å². The fraction of sp³-hybridized carbons (Fsp3) is 0.267. The van der Waals surface area contributed by atoms with Crippen LogP contribution >= 0.6 is 15.9 Å². The van der Waals surface area contributed by atoms with E-state index in [1.54, 1.807) is 13.3 Å². The lowest BCUT2D eigenvalue weighted by Gasteiger charge is -2.14. The highest BCUT2D eigenvalue weighted by Gasteiger charge is 2.09. The fourth-order valence-corrected chi connectivity index (χ4v) is 2.31. The molecule has 0 amide bonds. The summed E-state index contributed by atoms with van der Waals surface area (Å²) in [5.74, 6) is 0.765. The molecule has 0 saturated carbocycles. The molecule has 0 bridgehead atoms. The Labute approximate surface area is 127 Å². The van der Waals surface area contributed by atoms with Gasteiger partial charge in [-0.15, -0.1) is 0 Å². The van der Waals surface area contributed by atoms with Crippen LogP contribution in [0.3, 0.4) is 0 Å². The quantitative estimate of drug-likeness (QED) is 0.875. The largest absolute Gasteiger partial charge is 0.397 e.